The van der Waals surface area contributed by atoms with Crippen LogP contribution < -0.4 is 21.8 Å². The lowest BCUT2D eigenvalue weighted by Gasteiger charge is -2.18. The standard InChI is InChI=1S/C27H25N3O7S/c28-21(26(35)36)3-1-2-10-29-27(38)30-14-4-7-17(20(11-14)25(33)34)24-18-8-5-15(31)12-22(18)37-23-13-16(32)6-9-19(23)24/h4-9,11-13,21,31H,1-3,10,28H2,(H,33,34)(H,35,36)(H2,29,30,38)/t21-/m1/s1. The zero-order chi connectivity index (χ0) is 27.4. The molecule has 0 aromatic heterocycles. The SMILES string of the molecule is N[C@H](CCCCNC(=S)Nc1ccc(-c2c3ccc(=O)cc-3oc3cc(O)ccc23)c(C(=O)O)c1)C(=O)O. The number of nitrogens with two attached hydrogens (primary N) is 1. The molecule has 2 aliphatic rings. The molecule has 196 valence electrons. The Kier molecular flexibility index (Phi) is 7.89. The summed E-state index contributed by atoms with van der Waals surface area (Å²) in [5, 5.41) is 35.7. The van der Waals surface area contributed by atoms with E-state index in [1.807, 2.05) is 0 Å². The molecule has 0 radical (unpaired) electrons. The Bertz CT molecular complexity index is 1570. The fourth-order valence-electron chi connectivity index (χ4n) is 4.16. The summed E-state index contributed by atoms with van der Waals surface area (Å²) in [4.78, 5) is 35.1. The van der Waals surface area contributed by atoms with E-state index in [-0.39, 0.29) is 27.6 Å². The molecule has 2 aromatic carbocycles. The van der Waals surface area contributed by atoms with E-state index in [2.05, 4.69) is 10.6 Å². The molecule has 0 fully saturated rings. The van der Waals surface area contributed by atoms with E-state index in [0.29, 0.717) is 59.2 Å². The quantitative estimate of drug-likeness (QED) is 0.104. The molecule has 1 aliphatic carbocycles. The molecule has 0 saturated heterocycles. The molecule has 11 heteroatoms. The van der Waals surface area contributed by atoms with E-state index in [0.717, 1.165) is 0 Å². The number of carboxylic acids is 2. The molecular weight excluding hydrogens is 510 g/mol. The van der Waals surface area contributed by atoms with Crippen molar-refractivity contribution in [1.29, 1.82) is 0 Å². The highest BCUT2D eigenvalue weighted by molar-refractivity contribution is 7.80. The molecule has 4 rings (SSSR count). The van der Waals surface area contributed by atoms with Gasteiger partial charge in [0.25, 0.3) is 0 Å². The maximum Gasteiger partial charge on any atom is 0.336 e. The minimum absolute atomic E-state index is 0.00599. The second-order valence-electron chi connectivity index (χ2n) is 8.70. The minimum atomic E-state index is -1.17. The van der Waals surface area contributed by atoms with E-state index in [1.54, 1.807) is 24.3 Å². The first-order valence-corrected chi connectivity index (χ1v) is 12.2. The summed E-state index contributed by atoms with van der Waals surface area (Å²) in [6, 6.07) is 12.7. The number of aromatic hydroxyl groups is 1. The number of aliphatic carboxylic acids is 1. The smallest absolute Gasteiger partial charge is 0.336 e. The number of thiocarbonyl (C=S) groups is 1. The predicted octanol–water partition coefficient (Wildman–Crippen LogP) is 3.84. The lowest BCUT2D eigenvalue weighted by Crippen LogP contribution is -2.31. The van der Waals surface area contributed by atoms with Crippen molar-refractivity contribution in [1.82, 2.24) is 5.32 Å². The second-order valence-corrected chi connectivity index (χ2v) is 9.11. The summed E-state index contributed by atoms with van der Waals surface area (Å²) in [7, 11) is 0. The van der Waals surface area contributed by atoms with E-state index in [4.69, 9.17) is 27.5 Å². The molecule has 0 unspecified atom stereocenters. The predicted molar refractivity (Wildman–Crippen MR) is 147 cm³/mol. The average Bonchev–Trinajstić information content (AvgIpc) is 2.86. The van der Waals surface area contributed by atoms with Crippen LogP contribution in [0.5, 0.6) is 5.75 Å². The zero-order valence-corrected chi connectivity index (χ0v) is 20.9. The van der Waals surface area contributed by atoms with Gasteiger partial charge in [0.2, 0.25) is 0 Å². The van der Waals surface area contributed by atoms with E-state index in [9.17, 15) is 24.6 Å². The molecule has 10 nitrogen and oxygen atoms in total. The number of unbranched alkanes of at least 4 members (excludes halogenated alkanes) is 1. The Morgan fingerprint density at radius 3 is 2.50 bits per heavy atom. The van der Waals surface area contributed by atoms with Crippen molar-refractivity contribution in [2.45, 2.75) is 25.3 Å². The summed E-state index contributed by atoms with van der Waals surface area (Å²) >= 11 is 5.31. The van der Waals surface area contributed by atoms with Crippen LogP contribution in [-0.4, -0.2) is 45.0 Å². The lowest BCUT2D eigenvalue weighted by atomic mass is 9.90. The third-order valence-electron chi connectivity index (χ3n) is 6.00. The molecule has 0 saturated carbocycles. The normalized spacial score (nSPS) is 11.8. The number of carbonyl (C=O) groups is 2. The Balaban J connectivity index is 1.61. The monoisotopic (exact) mass is 535 g/mol. The molecule has 0 amide bonds. The summed E-state index contributed by atoms with van der Waals surface area (Å²) < 4.78 is 5.85. The van der Waals surface area contributed by atoms with Crippen molar-refractivity contribution >= 4 is 45.9 Å². The number of nitrogens with one attached hydrogen (secondary N) is 2. The fraction of sp³-hybridized carbons (Fsp3) is 0.185. The van der Waals surface area contributed by atoms with E-state index in [1.165, 1.54) is 30.3 Å². The topological polar surface area (TPSA) is 175 Å². The minimum Gasteiger partial charge on any atom is -0.508 e. The number of fused-ring (bicyclic) bond motifs is 2. The highest BCUT2D eigenvalue weighted by Gasteiger charge is 2.22. The van der Waals surface area contributed by atoms with Crippen molar-refractivity contribution in [3.05, 3.63) is 70.4 Å². The van der Waals surface area contributed by atoms with Crippen LogP contribution in [-0.2, 0) is 4.79 Å². The van der Waals surface area contributed by atoms with Crippen LogP contribution in [0.1, 0.15) is 29.6 Å². The molecule has 0 spiro atoms. The van der Waals surface area contributed by atoms with Gasteiger partial charge in [0.05, 0.1) is 5.56 Å². The number of hydrogen-bond acceptors (Lipinski definition) is 7. The molecule has 38 heavy (non-hydrogen) atoms. The summed E-state index contributed by atoms with van der Waals surface area (Å²) in [5.74, 6) is -1.97. The summed E-state index contributed by atoms with van der Waals surface area (Å²) in [6.07, 6.45) is 1.62. The van der Waals surface area contributed by atoms with Crippen LogP contribution in [0.4, 0.5) is 5.69 Å². The van der Waals surface area contributed by atoms with Gasteiger partial charge in [-0.05, 0) is 73.4 Å². The molecule has 0 bridgehead atoms. The number of benzene rings is 3. The van der Waals surface area contributed by atoms with Gasteiger partial charge in [-0.25, -0.2) is 4.79 Å². The van der Waals surface area contributed by atoms with Crippen molar-refractivity contribution in [2.24, 2.45) is 5.73 Å². The van der Waals surface area contributed by atoms with Gasteiger partial charge in [-0.2, -0.15) is 0 Å². The first-order chi connectivity index (χ1) is 18.1. The Hall–Kier alpha value is -4.48. The van der Waals surface area contributed by atoms with Gasteiger partial charge in [-0.3, -0.25) is 9.59 Å². The third-order valence-corrected chi connectivity index (χ3v) is 6.25. The van der Waals surface area contributed by atoms with Crippen molar-refractivity contribution < 1.29 is 29.3 Å². The molecular formula is C27H25N3O7S. The third kappa shape index (κ3) is 5.90. The van der Waals surface area contributed by atoms with Crippen molar-refractivity contribution in [3.63, 3.8) is 0 Å². The Labute approximate surface area is 222 Å². The zero-order valence-electron chi connectivity index (χ0n) is 20.1. The Morgan fingerprint density at radius 1 is 1.00 bits per heavy atom. The molecule has 1 aliphatic heterocycles. The molecule has 2 aromatic rings. The van der Waals surface area contributed by atoms with Gasteiger partial charge < -0.3 is 36.1 Å². The van der Waals surface area contributed by atoms with Crippen molar-refractivity contribution in [3.8, 4) is 28.2 Å². The van der Waals surface area contributed by atoms with E-state index >= 15 is 0 Å². The largest absolute Gasteiger partial charge is 0.508 e. The number of anilines is 1. The van der Waals surface area contributed by atoms with Gasteiger partial charge in [0, 0.05) is 40.9 Å². The highest BCUT2D eigenvalue weighted by Crippen LogP contribution is 2.42. The van der Waals surface area contributed by atoms with Gasteiger partial charge in [0.15, 0.2) is 10.5 Å². The first kappa shape index (κ1) is 26.6. The van der Waals surface area contributed by atoms with Gasteiger partial charge in [-0.1, -0.05) is 6.07 Å². The van der Waals surface area contributed by atoms with Gasteiger partial charge in [-0.15, -0.1) is 0 Å². The maximum absolute atomic E-state index is 12.3. The number of aromatic carboxylic acids is 1. The number of carboxylic acid groups (broad SMARTS) is 2. The van der Waals surface area contributed by atoms with E-state index < -0.39 is 18.0 Å². The lowest BCUT2D eigenvalue weighted by molar-refractivity contribution is -0.138. The van der Waals surface area contributed by atoms with Crippen LogP contribution in [0.15, 0.2) is 63.8 Å². The number of hydrogen-bond donors (Lipinski definition) is 6. The number of phenolic OH excluding ortho intramolecular Hbond substituents is 1. The Morgan fingerprint density at radius 2 is 1.76 bits per heavy atom. The summed E-state index contributed by atoms with van der Waals surface area (Å²) in [5.41, 5.74) is 7.45. The molecule has 1 heterocycles. The maximum atomic E-state index is 12.3. The summed E-state index contributed by atoms with van der Waals surface area (Å²) in [6.45, 7) is 0.488. The highest BCUT2D eigenvalue weighted by atomic mass is 32.1. The van der Waals surface area contributed by atoms with Crippen LogP contribution in [0.25, 0.3) is 33.4 Å². The molecule has 7 N–H and O–H groups in total. The van der Waals surface area contributed by atoms with Gasteiger partial charge in [0.1, 0.15) is 23.1 Å². The first-order valence-electron chi connectivity index (χ1n) is 11.7. The number of rotatable bonds is 9. The molecule has 1 atom stereocenters. The van der Waals surface area contributed by atoms with Crippen LogP contribution in [0.3, 0.4) is 0 Å². The fourth-order valence-corrected chi connectivity index (χ4v) is 4.38. The van der Waals surface area contributed by atoms with Crippen LogP contribution in [0.2, 0.25) is 0 Å². The van der Waals surface area contributed by atoms with Crippen LogP contribution in [0, 0.1) is 0 Å². The number of phenols is 1. The van der Waals surface area contributed by atoms with Crippen molar-refractivity contribution in [2.75, 3.05) is 11.9 Å². The van der Waals surface area contributed by atoms with Gasteiger partial charge >= 0.3 is 11.9 Å². The average molecular weight is 536 g/mol. The van der Waals surface area contributed by atoms with Crippen LogP contribution >= 0.6 is 12.2 Å². The second kappa shape index (κ2) is 11.3.